The van der Waals surface area contributed by atoms with Crippen molar-refractivity contribution in [2.45, 2.75) is 33.1 Å². The first-order chi connectivity index (χ1) is 6.75. The Morgan fingerprint density at radius 2 is 1.79 bits per heavy atom. The van der Waals surface area contributed by atoms with Gasteiger partial charge in [0.1, 0.15) is 0 Å². The van der Waals surface area contributed by atoms with Crippen LogP contribution in [0.1, 0.15) is 35.1 Å². The Bertz CT molecular complexity index is 420. The molecule has 3 rings (SSSR count). The maximum Gasteiger partial charge on any atom is -0.00523 e. The predicted molar refractivity (Wildman–Crippen MR) is 60.3 cm³/mol. The van der Waals surface area contributed by atoms with E-state index in [2.05, 4.69) is 32.1 Å². The molecule has 0 atom stereocenters. The molecule has 0 bridgehead atoms. The van der Waals surface area contributed by atoms with Crippen molar-refractivity contribution in [2.75, 3.05) is 0 Å². The zero-order valence-electron chi connectivity index (χ0n) is 8.93. The third-order valence-electron chi connectivity index (χ3n) is 3.62. The molecule has 0 spiro atoms. The molecule has 1 aromatic carbocycles. The zero-order chi connectivity index (χ0) is 9.71. The van der Waals surface area contributed by atoms with Crippen molar-refractivity contribution in [2.24, 2.45) is 5.92 Å². The van der Waals surface area contributed by atoms with Crippen molar-refractivity contribution in [1.29, 1.82) is 0 Å². The van der Waals surface area contributed by atoms with Gasteiger partial charge in [0.25, 0.3) is 0 Å². The van der Waals surface area contributed by atoms with Crippen LogP contribution in [0.3, 0.4) is 0 Å². The fourth-order valence-corrected chi connectivity index (χ4v) is 2.48. The smallest absolute Gasteiger partial charge is 0.00523 e. The molecule has 1 saturated carbocycles. The lowest BCUT2D eigenvalue weighted by Crippen LogP contribution is -1.91. The van der Waals surface area contributed by atoms with Gasteiger partial charge in [-0.1, -0.05) is 23.8 Å². The van der Waals surface area contributed by atoms with Crippen LogP contribution in [0.25, 0.3) is 6.08 Å². The average Bonchev–Trinajstić information content (AvgIpc) is 2.92. The van der Waals surface area contributed by atoms with Crippen LogP contribution in [0.2, 0.25) is 0 Å². The van der Waals surface area contributed by atoms with Gasteiger partial charge in [0, 0.05) is 0 Å². The van der Waals surface area contributed by atoms with E-state index >= 15 is 0 Å². The molecule has 0 heteroatoms. The average molecular weight is 184 g/mol. The van der Waals surface area contributed by atoms with Crippen molar-refractivity contribution in [3.05, 3.63) is 40.0 Å². The molecule has 0 unspecified atom stereocenters. The minimum absolute atomic E-state index is 0.932. The Balaban J connectivity index is 2.09. The summed E-state index contributed by atoms with van der Waals surface area (Å²) in [6, 6.07) is 4.51. The lowest BCUT2D eigenvalue weighted by atomic mass is 9.99. The lowest BCUT2D eigenvalue weighted by Gasteiger charge is -2.06. The van der Waals surface area contributed by atoms with Crippen LogP contribution in [-0.2, 0) is 6.42 Å². The van der Waals surface area contributed by atoms with Crippen LogP contribution in [0.5, 0.6) is 0 Å². The minimum atomic E-state index is 0.932. The molecule has 0 N–H and O–H groups in total. The number of benzene rings is 1. The molecule has 72 valence electrons. The molecule has 2 aliphatic rings. The minimum Gasteiger partial charge on any atom is -0.0621 e. The van der Waals surface area contributed by atoms with Gasteiger partial charge in [-0.3, -0.25) is 0 Å². The highest BCUT2D eigenvalue weighted by Crippen LogP contribution is 2.43. The highest BCUT2D eigenvalue weighted by Gasteiger charge is 2.29. The second-order valence-electron chi connectivity index (χ2n) is 4.76. The number of fused-ring (bicyclic) bond motifs is 1. The van der Waals surface area contributed by atoms with Gasteiger partial charge in [-0.15, -0.1) is 0 Å². The summed E-state index contributed by atoms with van der Waals surface area (Å²) in [4.78, 5) is 0. The van der Waals surface area contributed by atoms with Crippen LogP contribution < -0.4 is 0 Å². The summed E-state index contributed by atoms with van der Waals surface area (Å²) in [5.41, 5.74) is 7.72. The first-order valence-corrected chi connectivity index (χ1v) is 5.55. The van der Waals surface area contributed by atoms with E-state index in [1.54, 1.807) is 11.1 Å². The van der Waals surface area contributed by atoms with E-state index in [0.29, 0.717) is 0 Å². The molecule has 1 fully saturated rings. The van der Waals surface area contributed by atoms with Gasteiger partial charge in [-0.2, -0.15) is 0 Å². The van der Waals surface area contributed by atoms with Gasteiger partial charge >= 0.3 is 0 Å². The predicted octanol–water partition coefficient (Wildman–Crippen LogP) is 3.65. The van der Waals surface area contributed by atoms with E-state index in [1.165, 1.54) is 36.0 Å². The third kappa shape index (κ3) is 1.13. The fourth-order valence-electron chi connectivity index (χ4n) is 2.48. The van der Waals surface area contributed by atoms with Crippen molar-refractivity contribution in [1.82, 2.24) is 0 Å². The number of rotatable bonds is 1. The Labute approximate surface area is 85.6 Å². The van der Waals surface area contributed by atoms with E-state index in [-0.39, 0.29) is 0 Å². The summed E-state index contributed by atoms with van der Waals surface area (Å²) in [7, 11) is 0. The molecule has 2 aliphatic carbocycles. The topological polar surface area (TPSA) is 0 Å². The highest BCUT2D eigenvalue weighted by atomic mass is 14.3. The largest absolute Gasteiger partial charge is 0.0621 e. The Hall–Kier alpha value is -1.04. The standard InChI is InChI=1S/C14H16/c1-9-3-4-10(2)14-8-12(7-13(9)14)11-5-6-11/h3-4,7,11H,5-6,8H2,1-2H3. The highest BCUT2D eigenvalue weighted by molar-refractivity contribution is 5.69. The van der Waals surface area contributed by atoms with E-state index in [1.807, 2.05) is 0 Å². The summed E-state index contributed by atoms with van der Waals surface area (Å²) >= 11 is 0. The Morgan fingerprint density at radius 1 is 1.07 bits per heavy atom. The molecule has 0 heterocycles. The Morgan fingerprint density at radius 3 is 2.43 bits per heavy atom. The summed E-state index contributed by atoms with van der Waals surface area (Å²) in [5, 5.41) is 0. The third-order valence-corrected chi connectivity index (χ3v) is 3.62. The first kappa shape index (κ1) is 8.28. The summed E-state index contributed by atoms with van der Waals surface area (Å²) in [6.07, 6.45) is 6.54. The summed E-state index contributed by atoms with van der Waals surface area (Å²) in [6.45, 7) is 4.46. The van der Waals surface area contributed by atoms with Crippen LogP contribution in [-0.4, -0.2) is 0 Å². The van der Waals surface area contributed by atoms with Gasteiger partial charge in [0.05, 0.1) is 0 Å². The normalized spacial score (nSPS) is 19.4. The van der Waals surface area contributed by atoms with Crippen molar-refractivity contribution in [3.63, 3.8) is 0 Å². The second-order valence-corrected chi connectivity index (χ2v) is 4.76. The number of allylic oxidation sites excluding steroid dienone is 1. The van der Waals surface area contributed by atoms with Gasteiger partial charge in [-0.05, 0) is 61.3 Å². The van der Waals surface area contributed by atoms with Crippen molar-refractivity contribution in [3.8, 4) is 0 Å². The molecule has 1 aromatic rings. The van der Waals surface area contributed by atoms with Gasteiger partial charge in [0.15, 0.2) is 0 Å². The molecule has 0 aromatic heterocycles. The maximum atomic E-state index is 2.45. The first-order valence-electron chi connectivity index (χ1n) is 5.55. The monoisotopic (exact) mass is 184 g/mol. The molecular formula is C14H16. The number of hydrogen-bond donors (Lipinski definition) is 0. The maximum absolute atomic E-state index is 2.45. The van der Waals surface area contributed by atoms with Gasteiger partial charge < -0.3 is 0 Å². The quantitative estimate of drug-likeness (QED) is 0.625. The van der Waals surface area contributed by atoms with E-state index in [9.17, 15) is 0 Å². The molecule has 14 heavy (non-hydrogen) atoms. The molecule has 0 saturated heterocycles. The molecular weight excluding hydrogens is 168 g/mol. The molecule has 0 amide bonds. The van der Waals surface area contributed by atoms with Crippen molar-refractivity contribution < 1.29 is 0 Å². The van der Waals surface area contributed by atoms with Crippen molar-refractivity contribution >= 4 is 6.08 Å². The van der Waals surface area contributed by atoms with Crippen LogP contribution >= 0.6 is 0 Å². The fraction of sp³-hybridized carbons (Fsp3) is 0.429. The zero-order valence-corrected chi connectivity index (χ0v) is 8.93. The van der Waals surface area contributed by atoms with E-state index in [0.717, 1.165) is 5.92 Å². The SMILES string of the molecule is Cc1ccc(C)c2c1C=C(C1CC1)C2. The van der Waals surface area contributed by atoms with Gasteiger partial charge in [0.2, 0.25) is 0 Å². The Kier molecular flexibility index (Phi) is 1.61. The molecule has 0 aliphatic heterocycles. The van der Waals surface area contributed by atoms with Crippen LogP contribution in [0.15, 0.2) is 17.7 Å². The second kappa shape index (κ2) is 2.73. The number of aryl methyl sites for hydroxylation is 2. The number of hydrogen-bond acceptors (Lipinski definition) is 0. The summed E-state index contributed by atoms with van der Waals surface area (Å²) < 4.78 is 0. The van der Waals surface area contributed by atoms with Crippen LogP contribution in [0.4, 0.5) is 0 Å². The van der Waals surface area contributed by atoms with Gasteiger partial charge in [-0.25, -0.2) is 0 Å². The molecule has 0 radical (unpaired) electrons. The van der Waals surface area contributed by atoms with Crippen LogP contribution in [0, 0.1) is 19.8 Å². The van der Waals surface area contributed by atoms with E-state index < -0.39 is 0 Å². The summed E-state index contributed by atoms with van der Waals surface area (Å²) in [5.74, 6) is 0.932. The molecule has 0 nitrogen and oxygen atoms in total. The lowest BCUT2D eigenvalue weighted by molar-refractivity contribution is 0.957. The van der Waals surface area contributed by atoms with E-state index in [4.69, 9.17) is 0 Å².